The van der Waals surface area contributed by atoms with Crippen LogP contribution < -0.4 is 5.32 Å². The molecule has 0 radical (unpaired) electrons. The Bertz CT molecular complexity index is 699. The lowest BCUT2D eigenvalue weighted by Crippen LogP contribution is -2.45. The van der Waals surface area contributed by atoms with E-state index in [0.29, 0.717) is 12.8 Å². The Morgan fingerprint density at radius 1 is 0.370 bits per heavy atom. The standard InChI is InChI=1S/C50H101NO3/c1-3-5-7-9-11-13-15-17-19-20-21-22-23-24-25-26-27-28-29-30-32-34-36-38-40-42-44-46-50(54)51-48(47-52)49(53)45-43-41-39-37-35-33-31-18-16-14-12-10-8-6-4-2/h48-49,52-53H,3-47H2,1-2H3,(H,51,54). The average Bonchev–Trinajstić information content (AvgIpc) is 3.18. The van der Waals surface area contributed by atoms with Crippen molar-refractivity contribution in [1.29, 1.82) is 0 Å². The summed E-state index contributed by atoms with van der Waals surface area (Å²) in [5.41, 5.74) is 0. The Hall–Kier alpha value is -0.610. The quantitative estimate of drug-likeness (QED) is 0.0541. The van der Waals surface area contributed by atoms with Crippen molar-refractivity contribution in [1.82, 2.24) is 5.32 Å². The molecule has 2 unspecified atom stereocenters. The van der Waals surface area contributed by atoms with Crippen molar-refractivity contribution in [3.63, 3.8) is 0 Å². The van der Waals surface area contributed by atoms with Crippen LogP contribution in [0.1, 0.15) is 296 Å². The summed E-state index contributed by atoms with van der Waals surface area (Å²) in [6, 6.07) is -0.530. The smallest absolute Gasteiger partial charge is 0.220 e. The third kappa shape index (κ3) is 42.5. The van der Waals surface area contributed by atoms with Crippen LogP contribution in [0.5, 0.6) is 0 Å². The van der Waals surface area contributed by atoms with Crippen LogP contribution in [0.25, 0.3) is 0 Å². The van der Waals surface area contributed by atoms with Gasteiger partial charge in [0.1, 0.15) is 0 Å². The average molecular weight is 764 g/mol. The van der Waals surface area contributed by atoms with E-state index in [1.165, 1.54) is 244 Å². The lowest BCUT2D eigenvalue weighted by Gasteiger charge is -2.22. The summed E-state index contributed by atoms with van der Waals surface area (Å²) in [5, 5.41) is 23.2. The van der Waals surface area contributed by atoms with E-state index in [1.807, 2.05) is 0 Å². The molecule has 0 aliphatic rings. The lowest BCUT2D eigenvalue weighted by atomic mass is 10.0. The van der Waals surface area contributed by atoms with Crippen LogP contribution in [0.2, 0.25) is 0 Å². The number of unbranched alkanes of at least 4 members (excludes halogenated alkanes) is 40. The third-order valence-electron chi connectivity index (χ3n) is 12.1. The highest BCUT2D eigenvalue weighted by atomic mass is 16.3. The maximum Gasteiger partial charge on any atom is 0.220 e. The van der Waals surface area contributed by atoms with Gasteiger partial charge in [-0.15, -0.1) is 0 Å². The summed E-state index contributed by atoms with van der Waals surface area (Å²) < 4.78 is 0. The van der Waals surface area contributed by atoms with Gasteiger partial charge in [0.15, 0.2) is 0 Å². The molecule has 0 aromatic rings. The molecule has 3 N–H and O–H groups in total. The topological polar surface area (TPSA) is 69.6 Å². The van der Waals surface area contributed by atoms with Gasteiger partial charge in [-0.3, -0.25) is 4.79 Å². The highest BCUT2D eigenvalue weighted by molar-refractivity contribution is 5.76. The number of aliphatic hydroxyl groups is 2. The van der Waals surface area contributed by atoms with Crippen LogP contribution in [0.4, 0.5) is 0 Å². The predicted octanol–water partition coefficient (Wildman–Crippen LogP) is 16.0. The largest absolute Gasteiger partial charge is 0.394 e. The number of nitrogens with one attached hydrogen (secondary N) is 1. The molecule has 1 amide bonds. The van der Waals surface area contributed by atoms with Crippen molar-refractivity contribution in [3.05, 3.63) is 0 Å². The fraction of sp³-hybridized carbons (Fsp3) is 0.980. The van der Waals surface area contributed by atoms with Crippen LogP contribution in [-0.2, 0) is 4.79 Å². The van der Waals surface area contributed by atoms with Gasteiger partial charge >= 0.3 is 0 Å². The molecular formula is C50H101NO3. The number of carbonyl (C=O) groups is 1. The second-order valence-corrected chi connectivity index (χ2v) is 17.6. The minimum absolute atomic E-state index is 0.0239. The van der Waals surface area contributed by atoms with Gasteiger partial charge in [-0.05, 0) is 12.8 Å². The molecule has 0 aromatic carbocycles. The SMILES string of the molecule is CCCCCCCCCCCCCCCCCCCCCCCCCCCCCC(=O)NC(CO)C(O)CCCCCCCCCCCCCCCCC. The number of hydrogen-bond acceptors (Lipinski definition) is 3. The zero-order valence-corrected chi connectivity index (χ0v) is 37.3. The van der Waals surface area contributed by atoms with Gasteiger partial charge in [0.25, 0.3) is 0 Å². The molecule has 0 saturated heterocycles. The highest BCUT2D eigenvalue weighted by Crippen LogP contribution is 2.18. The van der Waals surface area contributed by atoms with Crippen molar-refractivity contribution in [2.75, 3.05) is 6.61 Å². The maximum atomic E-state index is 12.4. The molecule has 0 aliphatic carbocycles. The molecular weight excluding hydrogens is 663 g/mol. The Kier molecular flexibility index (Phi) is 46.2. The number of rotatable bonds is 47. The lowest BCUT2D eigenvalue weighted by molar-refractivity contribution is -0.123. The van der Waals surface area contributed by atoms with E-state index in [0.717, 1.165) is 25.7 Å². The first kappa shape index (κ1) is 53.4. The molecule has 0 aliphatic heterocycles. The summed E-state index contributed by atoms with van der Waals surface area (Å²) in [6.45, 7) is 4.39. The van der Waals surface area contributed by atoms with Crippen molar-refractivity contribution >= 4 is 5.91 Å². The molecule has 0 saturated carbocycles. The Morgan fingerprint density at radius 3 is 0.833 bits per heavy atom. The highest BCUT2D eigenvalue weighted by Gasteiger charge is 2.20. The maximum absolute atomic E-state index is 12.4. The van der Waals surface area contributed by atoms with Crippen LogP contribution >= 0.6 is 0 Å². The first-order valence-corrected chi connectivity index (χ1v) is 25.2. The van der Waals surface area contributed by atoms with Crippen LogP contribution in [0.15, 0.2) is 0 Å². The number of hydrogen-bond donors (Lipinski definition) is 3. The summed E-state index contributed by atoms with van der Waals surface area (Å²) in [4.78, 5) is 12.4. The minimum atomic E-state index is -0.653. The molecule has 0 spiro atoms. The zero-order chi connectivity index (χ0) is 39.3. The van der Waals surface area contributed by atoms with Crippen LogP contribution in [0.3, 0.4) is 0 Å². The van der Waals surface area contributed by atoms with E-state index in [1.54, 1.807) is 0 Å². The fourth-order valence-electron chi connectivity index (χ4n) is 8.25. The van der Waals surface area contributed by atoms with Crippen molar-refractivity contribution in [2.24, 2.45) is 0 Å². The fourth-order valence-corrected chi connectivity index (χ4v) is 8.25. The van der Waals surface area contributed by atoms with Gasteiger partial charge in [-0.2, -0.15) is 0 Å². The monoisotopic (exact) mass is 764 g/mol. The van der Waals surface area contributed by atoms with Gasteiger partial charge in [0, 0.05) is 6.42 Å². The zero-order valence-electron chi connectivity index (χ0n) is 37.3. The molecule has 54 heavy (non-hydrogen) atoms. The van der Waals surface area contributed by atoms with Gasteiger partial charge in [0.2, 0.25) is 5.91 Å². The van der Waals surface area contributed by atoms with E-state index in [9.17, 15) is 15.0 Å². The van der Waals surface area contributed by atoms with E-state index in [4.69, 9.17) is 0 Å². The Labute approximate surface area is 340 Å². The third-order valence-corrected chi connectivity index (χ3v) is 12.1. The van der Waals surface area contributed by atoms with Crippen molar-refractivity contribution in [2.45, 2.75) is 309 Å². The van der Waals surface area contributed by atoms with E-state index < -0.39 is 12.1 Å². The second kappa shape index (κ2) is 46.8. The first-order valence-electron chi connectivity index (χ1n) is 25.2. The minimum Gasteiger partial charge on any atom is -0.394 e. The Balaban J connectivity index is 3.40. The molecule has 0 fully saturated rings. The van der Waals surface area contributed by atoms with Gasteiger partial charge in [-0.25, -0.2) is 0 Å². The number of aliphatic hydroxyl groups excluding tert-OH is 2. The normalized spacial score (nSPS) is 12.7. The van der Waals surface area contributed by atoms with Crippen LogP contribution in [0, 0.1) is 0 Å². The predicted molar refractivity (Wildman–Crippen MR) is 240 cm³/mol. The molecule has 0 rings (SSSR count). The first-order chi connectivity index (χ1) is 26.7. The van der Waals surface area contributed by atoms with Gasteiger partial charge < -0.3 is 15.5 Å². The molecule has 0 heterocycles. The van der Waals surface area contributed by atoms with Gasteiger partial charge in [0.05, 0.1) is 18.8 Å². The Morgan fingerprint density at radius 2 is 0.593 bits per heavy atom. The van der Waals surface area contributed by atoms with E-state index in [2.05, 4.69) is 19.2 Å². The second-order valence-electron chi connectivity index (χ2n) is 17.6. The van der Waals surface area contributed by atoms with Crippen LogP contribution in [-0.4, -0.2) is 34.9 Å². The summed E-state index contributed by atoms with van der Waals surface area (Å²) in [5.74, 6) is -0.0239. The molecule has 324 valence electrons. The van der Waals surface area contributed by atoms with Crippen molar-refractivity contribution < 1.29 is 15.0 Å². The molecule has 0 aromatic heterocycles. The van der Waals surface area contributed by atoms with E-state index in [-0.39, 0.29) is 12.5 Å². The molecule has 4 heteroatoms. The number of amides is 1. The summed E-state index contributed by atoms with van der Waals surface area (Å²) in [7, 11) is 0. The molecule has 4 nitrogen and oxygen atoms in total. The molecule has 0 bridgehead atoms. The van der Waals surface area contributed by atoms with Gasteiger partial charge in [-0.1, -0.05) is 277 Å². The summed E-state index contributed by atoms with van der Waals surface area (Å²) >= 11 is 0. The van der Waals surface area contributed by atoms with E-state index >= 15 is 0 Å². The van der Waals surface area contributed by atoms with Crippen molar-refractivity contribution in [3.8, 4) is 0 Å². The molecule has 2 atom stereocenters. The number of carbonyl (C=O) groups excluding carboxylic acids is 1. The summed E-state index contributed by atoms with van der Waals surface area (Å²) in [6.07, 6.45) is 57.8.